The average Bonchev–Trinajstić information content (AvgIpc) is 2.41. The highest BCUT2D eigenvalue weighted by Crippen LogP contribution is 2.34. The van der Waals surface area contributed by atoms with Gasteiger partial charge < -0.3 is 10.5 Å². The molecule has 0 aliphatic heterocycles. The van der Waals surface area contributed by atoms with Crippen molar-refractivity contribution in [2.45, 2.75) is 0 Å². The van der Waals surface area contributed by atoms with E-state index in [1.807, 2.05) is 6.07 Å². The van der Waals surface area contributed by atoms with Crippen molar-refractivity contribution < 1.29 is 4.74 Å². The molecule has 0 saturated carbocycles. The molecule has 0 amide bonds. The number of pyridine rings is 1. The molecule has 1 aromatic heterocycles. The Morgan fingerprint density at radius 3 is 2.60 bits per heavy atom. The van der Waals surface area contributed by atoms with Crippen LogP contribution >= 0.6 is 23.2 Å². The summed E-state index contributed by atoms with van der Waals surface area (Å²) in [5.41, 5.74) is 7.18. The lowest BCUT2D eigenvalue weighted by atomic mass is 10.2. The molecule has 2 N–H and O–H groups in total. The molecule has 3 aromatic rings. The first kappa shape index (κ1) is 13.0. The first-order valence-electron chi connectivity index (χ1n) is 5.90. The fraction of sp³-hybridized carbons (Fsp3) is 0. The number of nitrogen functional groups attached to an aromatic ring is 1. The van der Waals surface area contributed by atoms with Crippen LogP contribution in [0.3, 0.4) is 0 Å². The minimum atomic E-state index is 0.456. The summed E-state index contributed by atoms with van der Waals surface area (Å²) >= 11 is 12.0. The fourth-order valence-corrected chi connectivity index (χ4v) is 2.35. The maximum atomic E-state index is 6.11. The van der Waals surface area contributed by atoms with Gasteiger partial charge >= 0.3 is 0 Å². The smallest absolute Gasteiger partial charge is 0.146 e. The molecule has 0 unspecified atom stereocenters. The van der Waals surface area contributed by atoms with Crippen LogP contribution in [0.1, 0.15) is 0 Å². The Hall–Kier alpha value is -1.97. The van der Waals surface area contributed by atoms with Crippen molar-refractivity contribution in [3.05, 3.63) is 58.7 Å². The van der Waals surface area contributed by atoms with Crippen LogP contribution in [0.15, 0.2) is 48.7 Å². The monoisotopic (exact) mass is 304 g/mol. The minimum Gasteiger partial charge on any atom is -0.455 e. The van der Waals surface area contributed by atoms with E-state index in [0.29, 0.717) is 27.2 Å². The fourth-order valence-electron chi connectivity index (χ4n) is 1.90. The lowest BCUT2D eigenvalue weighted by Crippen LogP contribution is -1.90. The maximum absolute atomic E-state index is 6.11. The molecule has 0 aliphatic rings. The largest absolute Gasteiger partial charge is 0.455 e. The van der Waals surface area contributed by atoms with Gasteiger partial charge in [-0.2, -0.15) is 0 Å². The predicted octanol–water partition coefficient (Wildman–Crippen LogP) is 4.92. The van der Waals surface area contributed by atoms with E-state index in [-0.39, 0.29) is 0 Å². The Kier molecular flexibility index (Phi) is 3.38. The first-order chi connectivity index (χ1) is 9.63. The number of hydrogen-bond donors (Lipinski definition) is 1. The predicted molar refractivity (Wildman–Crippen MR) is 82.7 cm³/mol. The topological polar surface area (TPSA) is 48.1 Å². The SMILES string of the molecule is Nc1ccc2c(Oc3ccc(Cl)cc3Cl)ccnc2c1. The normalized spacial score (nSPS) is 10.7. The van der Waals surface area contributed by atoms with Gasteiger partial charge in [0.15, 0.2) is 0 Å². The molecule has 0 saturated heterocycles. The number of anilines is 1. The molecule has 0 radical (unpaired) electrons. The quantitative estimate of drug-likeness (QED) is 0.684. The van der Waals surface area contributed by atoms with Crippen molar-refractivity contribution in [2.24, 2.45) is 0 Å². The Balaban J connectivity index is 2.06. The van der Waals surface area contributed by atoms with Gasteiger partial charge in [-0.1, -0.05) is 23.2 Å². The lowest BCUT2D eigenvalue weighted by molar-refractivity contribution is 0.488. The highest BCUT2D eigenvalue weighted by atomic mass is 35.5. The van der Waals surface area contributed by atoms with Crippen LogP contribution < -0.4 is 10.5 Å². The van der Waals surface area contributed by atoms with Gasteiger partial charge in [0.25, 0.3) is 0 Å². The third kappa shape index (κ3) is 2.50. The van der Waals surface area contributed by atoms with E-state index < -0.39 is 0 Å². The van der Waals surface area contributed by atoms with Gasteiger partial charge in [-0.25, -0.2) is 0 Å². The summed E-state index contributed by atoms with van der Waals surface area (Å²) in [5.74, 6) is 1.21. The number of rotatable bonds is 2. The molecule has 0 fully saturated rings. The van der Waals surface area contributed by atoms with Crippen LogP contribution in [0.25, 0.3) is 10.9 Å². The third-order valence-electron chi connectivity index (χ3n) is 2.84. The Labute approximate surface area is 125 Å². The number of ether oxygens (including phenoxy) is 1. The summed E-state index contributed by atoms with van der Waals surface area (Å²) in [4.78, 5) is 4.27. The van der Waals surface area contributed by atoms with E-state index >= 15 is 0 Å². The van der Waals surface area contributed by atoms with E-state index in [0.717, 1.165) is 10.9 Å². The van der Waals surface area contributed by atoms with Crippen molar-refractivity contribution >= 4 is 39.8 Å². The second kappa shape index (κ2) is 5.19. The van der Waals surface area contributed by atoms with E-state index in [2.05, 4.69) is 4.98 Å². The molecular formula is C15H10Cl2N2O. The van der Waals surface area contributed by atoms with Crippen molar-refractivity contribution in [3.63, 3.8) is 0 Å². The molecule has 0 spiro atoms. The highest BCUT2D eigenvalue weighted by molar-refractivity contribution is 6.35. The summed E-state index contributed by atoms with van der Waals surface area (Å²) in [5, 5.41) is 1.89. The highest BCUT2D eigenvalue weighted by Gasteiger charge is 2.08. The maximum Gasteiger partial charge on any atom is 0.146 e. The molecule has 0 bridgehead atoms. The summed E-state index contributed by atoms with van der Waals surface area (Å²) in [6.45, 7) is 0. The van der Waals surface area contributed by atoms with Gasteiger partial charge in [0, 0.05) is 22.3 Å². The zero-order valence-corrected chi connectivity index (χ0v) is 11.8. The van der Waals surface area contributed by atoms with Gasteiger partial charge in [0.1, 0.15) is 11.5 Å². The third-order valence-corrected chi connectivity index (χ3v) is 3.37. The molecule has 0 atom stereocenters. The van der Waals surface area contributed by atoms with Crippen LogP contribution in [0.2, 0.25) is 10.0 Å². The lowest BCUT2D eigenvalue weighted by Gasteiger charge is -2.10. The molecule has 3 rings (SSSR count). The number of fused-ring (bicyclic) bond motifs is 1. The van der Waals surface area contributed by atoms with Crippen LogP contribution in [0, 0.1) is 0 Å². The van der Waals surface area contributed by atoms with Gasteiger partial charge in [-0.3, -0.25) is 4.98 Å². The van der Waals surface area contributed by atoms with Crippen molar-refractivity contribution in [2.75, 3.05) is 5.73 Å². The van der Waals surface area contributed by atoms with E-state index in [9.17, 15) is 0 Å². The first-order valence-corrected chi connectivity index (χ1v) is 6.66. The van der Waals surface area contributed by atoms with Gasteiger partial charge in [0.2, 0.25) is 0 Å². The van der Waals surface area contributed by atoms with Gasteiger partial charge in [-0.05, 0) is 42.5 Å². The van der Waals surface area contributed by atoms with Crippen LogP contribution in [-0.4, -0.2) is 4.98 Å². The molecule has 100 valence electrons. The van der Waals surface area contributed by atoms with Crippen LogP contribution in [0.4, 0.5) is 5.69 Å². The van der Waals surface area contributed by atoms with Crippen LogP contribution in [-0.2, 0) is 0 Å². The zero-order valence-electron chi connectivity index (χ0n) is 10.3. The summed E-state index contributed by atoms with van der Waals surface area (Å²) in [6.07, 6.45) is 1.67. The number of benzene rings is 2. The number of nitrogens with zero attached hydrogens (tertiary/aromatic N) is 1. The summed E-state index contributed by atoms with van der Waals surface area (Å²) in [7, 11) is 0. The van der Waals surface area contributed by atoms with E-state index in [1.54, 1.807) is 42.6 Å². The average molecular weight is 305 g/mol. The molecule has 0 aliphatic carbocycles. The second-order valence-electron chi connectivity index (χ2n) is 4.26. The second-order valence-corrected chi connectivity index (χ2v) is 5.11. The number of aromatic nitrogens is 1. The molecule has 1 heterocycles. The molecule has 5 heteroatoms. The number of halogens is 2. The van der Waals surface area contributed by atoms with Crippen molar-refractivity contribution in [1.82, 2.24) is 4.98 Å². The van der Waals surface area contributed by atoms with Crippen LogP contribution in [0.5, 0.6) is 11.5 Å². The van der Waals surface area contributed by atoms with Crippen molar-refractivity contribution in [3.8, 4) is 11.5 Å². The molecule has 3 nitrogen and oxygen atoms in total. The summed E-state index contributed by atoms with van der Waals surface area (Å²) in [6, 6.07) is 12.4. The van der Waals surface area contributed by atoms with Gasteiger partial charge in [0.05, 0.1) is 10.5 Å². The Morgan fingerprint density at radius 1 is 0.950 bits per heavy atom. The Bertz CT molecular complexity index is 790. The molecule has 20 heavy (non-hydrogen) atoms. The molecule has 2 aromatic carbocycles. The van der Waals surface area contributed by atoms with E-state index in [1.165, 1.54) is 0 Å². The summed E-state index contributed by atoms with van der Waals surface area (Å²) < 4.78 is 5.85. The number of hydrogen-bond acceptors (Lipinski definition) is 3. The minimum absolute atomic E-state index is 0.456. The van der Waals surface area contributed by atoms with Crippen molar-refractivity contribution in [1.29, 1.82) is 0 Å². The molecular weight excluding hydrogens is 295 g/mol. The number of nitrogens with two attached hydrogens (primary N) is 1. The zero-order chi connectivity index (χ0) is 14.1. The van der Waals surface area contributed by atoms with E-state index in [4.69, 9.17) is 33.7 Å². The van der Waals surface area contributed by atoms with Gasteiger partial charge in [-0.15, -0.1) is 0 Å². The Morgan fingerprint density at radius 2 is 1.80 bits per heavy atom. The standard InChI is InChI=1S/C15H10Cl2N2O/c16-9-1-4-15(12(17)7-9)20-14-5-6-19-13-8-10(18)2-3-11(13)14/h1-8H,18H2.